The first-order chi connectivity index (χ1) is 15.0. The highest BCUT2D eigenvalue weighted by Crippen LogP contribution is 2.35. The van der Waals surface area contributed by atoms with Crippen molar-refractivity contribution in [2.45, 2.75) is 32.7 Å². The zero-order valence-electron chi connectivity index (χ0n) is 17.9. The molecule has 1 saturated heterocycles. The Morgan fingerprint density at radius 1 is 1.10 bits per heavy atom. The Labute approximate surface area is 181 Å². The molecule has 0 spiro atoms. The van der Waals surface area contributed by atoms with E-state index in [1.165, 1.54) is 5.57 Å². The molecule has 2 aliphatic heterocycles. The number of aromatic nitrogens is 3. The summed E-state index contributed by atoms with van der Waals surface area (Å²) in [6.07, 6.45) is 3.45. The maximum atomic E-state index is 13.5. The largest absolute Gasteiger partial charge is 0.486 e. The number of benzene rings is 1. The van der Waals surface area contributed by atoms with Crippen LogP contribution < -0.4 is 9.47 Å². The number of carbonyl (C=O) groups is 1. The van der Waals surface area contributed by atoms with Gasteiger partial charge in [0.1, 0.15) is 13.2 Å². The van der Waals surface area contributed by atoms with Crippen LogP contribution in [0, 0.1) is 0 Å². The normalized spacial score (nSPS) is 16.2. The molecule has 0 bridgehead atoms. The first kappa shape index (κ1) is 19.6. The number of likely N-dealkylation sites (tertiary alicyclic amines) is 1. The van der Waals surface area contributed by atoms with E-state index >= 15 is 0 Å². The number of fused-ring (bicyclic) bond motifs is 2. The number of nitrogens with zero attached hydrogens (tertiary/aromatic N) is 4. The fourth-order valence-electron chi connectivity index (χ4n) is 4.12. The molecule has 4 heterocycles. The molecule has 1 fully saturated rings. The Kier molecular flexibility index (Phi) is 4.88. The van der Waals surface area contributed by atoms with Gasteiger partial charge in [0.15, 0.2) is 17.1 Å². The molecule has 3 aromatic rings. The van der Waals surface area contributed by atoms with Gasteiger partial charge in [-0.3, -0.25) is 4.79 Å². The second-order valence-electron chi connectivity index (χ2n) is 8.38. The number of ether oxygens (including phenoxy) is 2. The number of hydrogen-bond acceptors (Lipinski definition) is 5. The van der Waals surface area contributed by atoms with Gasteiger partial charge in [-0.1, -0.05) is 12.2 Å². The van der Waals surface area contributed by atoms with Crippen LogP contribution in [-0.4, -0.2) is 51.9 Å². The summed E-state index contributed by atoms with van der Waals surface area (Å²) in [4.78, 5) is 20.3. The Morgan fingerprint density at radius 3 is 2.58 bits per heavy atom. The molecule has 2 aliphatic rings. The van der Waals surface area contributed by atoms with E-state index < -0.39 is 0 Å². The highest BCUT2D eigenvalue weighted by Gasteiger charge is 2.25. The molecule has 5 rings (SSSR count). The predicted molar refractivity (Wildman–Crippen MR) is 119 cm³/mol. The standard InChI is InChI=1S/C24H26N4O3/c1-15(2)28-23-19(14-25-28)18(24(29)27-8-6-16(3)7-9-27)13-20(26-23)17-4-5-21-22(12-17)31-11-10-30-21/h4-5,12-15H,3,6-11H2,1-2H3. The Bertz CT molecular complexity index is 1170. The SMILES string of the molecule is C=C1CCN(C(=O)c2cc(-c3ccc4c(c3)OCCO4)nc3c2cnn3C(C)C)CC1. The molecule has 31 heavy (non-hydrogen) atoms. The van der Waals surface area contributed by atoms with Crippen LogP contribution in [0.5, 0.6) is 11.5 Å². The van der Waals surface area contributed by atoms with Crippen LogP contribution in [0.2, 0.25) is 0 Å². The van der Waals surface area contributed by atoms with E-state index in [4.69, 9.17) is 14.5 Å². The fourth-order valence-corrected chi connectivity index (χ4v) is 4.12. The smallest absolute Gasteiger partial charge is 0.254 e. The number of hydrogen-bond donors (Lipinski definition) is 0. The molecule has 7 nitrogen and oxygen atoms in total. The summed E-state index contributed by atoms with van der Waals surface area (Å²) in [6, 6.07) is 7.79. The van der Waals surface area contributed by atoms with Crippen LogP contribution in [-0.2, 0) is 0 Å². The van der Waals surface area contributed by atoms with Crippen molar-refractivity contribution in [1.82, 2.24) is 19.7 Å². The summed E-state index contributed by atoms with van der Waals surface area (Å²) < 4.78 is 13.3. The summed E-state index contributed by atoms with van der Waals surface area (Å²) in [5.74, 6) is 1.44. The van der Waals surface area contributed by atoms with Crippen molar-refractivity contribution in [3.05, 3.63) is 48.2 Å². The number of amides is 1. The molecular weight excluding hydrogens is 392 g/mol. The monoisotopic (exact) mass is 418 g/mol. The van der Waals surface area contributed by atoms with E-state index in [1.807, 2.05) is 33.8 Å². The van der Waals surface area contributed by atoms with Crippen LogP contribution >= 0.6 is 0 Å². The summed E-state index contributed by atoms with van der Waals surface area (Å²) in [5, 5.41) is 5.31. The third-order valence-electron chi connectivity index (χ3n) is 5.88. The number of rotatable bonds is 3. The minimum absolute atomic E-state index is 0.0157. The lowest BCUT2D eigenvalue weighted by Crippen LogP contribution is -2.36. The van der Waals surface area contributed by atoms with E-state index in [2.05, 4.69) is 25.5 Å². The van der Waals surface area contributed by atoms with Crippen LogP contribution in [0.1, 0.15) is 43.1 Å². The van der Waals surface area contributed by atoms with E-state index in [1.54, 1.807) is 6.20 Å². The first-order valence-electron chi connectivity index (χ1n) is 10.8. The van der Waals surface area contributed by atoms with Gasteiger partial charge in [-0.05, 0) is 51.0 Å². The summed E-state index contributed by atoms with van der Waals surface area (Å²) >= 11 is 0. The van der Waals surface area contributed by atoms with Crippen molar-refractivity contribution >= 4 is 16.9 Å². The van der Waals surface area contributed by atoms with Gasteiger partial charge in [-0.25, -0.2) is 9.67 Å². The summed E-state index contributed by atoms with van der Waals surface area (Å²) in [7, 11) is 0. The lowest BCUT2D eigenvalue weighted by molar-refractivity contribution is 0.0745. The maximum absolute atomic E-state index is 13.5. The van der Waals surface area contributed by atoms with E-state index in [0.717, 1.165) is 35.2 Å². The highest BCUT2D eigenvalue weighted by atomic mass is 16.6. The molecule has 0 N–H and O–H groups in total. The van der Waals surface area contributed by atoms with Gasteiger partial charge in [0, 0.05) is 24.7 Å². The zero-order chi connectivity index (χ0) is 21.5. The van der Waals surface area contributed by atoms with Gasteiger partial charge in [0.25, 0.3) is 5.91 Å². The van der Waals surface area contributed by atoms with Gasteiger partial charge in [-0.2, -0.15) is 5.10 Å². The molecule has 7 heteroatoms. The third-order valence-corrected chi connectivity index (χ3v) is 5.88. The molecule has 1 aromatic carbocycles. The van der Waals surface area contributed by atoms with Crippen LogP contribution in [0.3, 0.4) is 0 Å². The van der Waals surface area contributed by atoms with E-state index in [0.29, 0.717) is 43.3 Å². The quantitative estimate of drug-likeness (QED) is 0.595. The topological polar surface area (TPSA) is 69.5 Å². The molecule has 2 aromatic heterocycles. The minimum Gasteiger partial charge on any atom is -0.486 e. The molecule has 0 atom stereocenters. The first-order valence-corrected chi connectivity index (χ1v) is 10.8. The van der Waals surface area contributed by atoms with Crippen molar-refractivity contribution in [3.8, 4) is 22.8 Å². The summed E-state index contributed by atoms with van der Waals surface area (Å²) in [6.45, 7) is 10.6. The van der Waals surface area contributed by atoms with Gasteiger partial charge >= 0.3 is 0 Å². The second kappa shape index (κ2) is 7.72. The molecule has 0 aliphatic carbocycles. The molecule has 1 amide bonds. The van der Waals surface area contributed by atoms with Gasteiger partial charge in [0.2, 0.25) is 0 Å². The van der Waals surface area contributed by atoms with E-state index in [9.17, 15) is 4.79 Å². The molecule has 0 saturated carbocycles. The van der Waals surface area contributed by atoms with Crippen LogP contribution in [0.25, 0.3) is 22.3 Å². The van der Waals surface area contributed by atoms with Crippen molar-refractivity contribution in [1.29, 1.82) is 0 Å². The fraction of sp³-hybridized carbons (Fsp3) is 0.375. The van der Waals surface area contributed by atoms with Crippen molar-refractivity contribution < 1.29 is 14.3 Å². The van der Waals surface area contributed by atoms with E-state index in [-0.39, 0.29) is 11.9 Å². The van der Waals surface area contributed by atoms with Gasteiger partial charge < -0.3 is 14.4 Å². The van der Waals surface area contributed by atoms with Crippen molar-refractivity contribution in [3.63, 3.8) is 0 Å². The van der Waals surface area contributed by atoms with Gasteiger partial charge in [-0.15, -0.1) is 0 Å². The zero-order valence-corrected chi connectivity index (χ0v) is 17.9. The molecule has 0 radical (unpaired) electrons. The molecule has 0 unspecified atom stereocenters. The highest BCUT2D eigenvalue weighted by molar-refractivity contribution is 6.06. The van der Waals surface area contributed by atoms with Crippen molar-refractivity contribution in [2.75, 3.05) is 26.3 Å². The average Bonchev–Trinajstić information content (AvgIpc) is 3.22. The Morgan fingerprint density at radius 2 is 1.84 bits per heavy atom. The van der Waals surface area contributed by atoms with Crippen molar-refractivity contribution in [2.24, 2.45) is 0 Å². The van der Waals surface area contributed by atoms with Gasteiger partial charge in [0.05, 0.1) is 22.8 Å². The van der Waals surface area contributed by atoms with Crippen LogP contribution in [0.15, 0.2) is 42.6 Å². The summed E-state index contributed by atoms with van der Waals surface area (Å²) in [5.41, 5.74) is 4.15. The lowest BCUT2D eigenvalue weighted by atomic mass is 10.0. The minimum atomic E-state index is 0.0157. The Balaban J connectivity index is 1.63. The lowest BCUT2D eigenvalue weighted by Gasteiger charge is -2.28. The second-order valence-corrected chi connectivity index (χ2v) is 8.38. The predicted octanol–water partition coefficient (Wildman–Crippen LogP) is 4.24. The maximum Gasteiger partial charge on any atom is 0.254 e. The van der Waals surface area contributed by atoms with Crippen LogP contribution in [0.4, 0.5) is 0 Å². The molecule has 160 valence electrons. The number of carbonyl (C=O) groups excluding carboxylic acids is 1. The number of piperidine rings is 1. The molecular formula is C24H26N4O3. The third kappa shape index (κ3) is 3.54. The Hall–Kier alpha value is -3.35. The average molecular weight is 418 g/mol. The number of pyridine rings is 1.